The van der Waals surface area contributed by atoms with Crippen LogP contribution in [0.15, 0.2) is 47.4 Å². The number of aromatic nitrogens is 1. The molecule has 9 heteroatoms. The van der Waals surface area contributed by atoms with E-state index in [0.29, 0.717) is 18.2 Å². The monoisotopic (exact) mass is 489 g/mol. The van der Waals surface area contributed by atoms with Crippen LogP contribution in [0.2, 0.25) is 0 Å². The summed E-state index contributed by atoms with van der Waals surface area (Å²) in [5, 5.41) is 0.572. The lowest BCUT2D eigenvalue weighted by Crippen LogP contribution is -2.39. The average molecular weight is 490 g/mol. The number of hydrogen-bond donors (Lipinski definition) is 0. The number of benzene rings is 2. The topological polar surface area (TPSA) is 79.8 Å². The molecule has 0 atom stereocenters. The Kier molecular flexibility index (Phi) is 8.45. The fourth-order valence-electron chi connectivity index (χ4n) is 3.46. The van der Waals surface area contributed by atoms with Crippen molar-refractivity contribution < 1.29 is 17.9 Å². The standard InChI is InChI=1S/C24H31N3O4S2/c1-5-26(6-2)14-15-27(24-25-21-12-9-19(31-4)17-22(21)32-24)23(28)13-16-33(29,30)20-10-7-18(3)8-11-20/h7-12,17H,5-6,13-16H2,1-4H3. The number of amides is 1. The van der Waals surface area contributed by atoms with Gasteiger partial charge in [-0.15, -0.1) is 0 Å². The maximum absolute atomic E-state index is 13.2. The normalized spacial score (nSPS) is 11.8. The van der Waals surface area contributed by atoms with Gasteiger partial charge in [0.25, 0.3) is 0 Å². The smallest absolute Gasteiger partial charge is 0.229 e. The lowest BCUT2D eigenvalue weighted by molar-refractivity contribution is -0.118. The van der Waals surface area contributed by atoms with Crippen molar-refractivity contribution >= 4 is 42.4 Å². The first-order chi connectivity index (χ1) is 15.8. The number of fused-ring (bicyclic) bond motifs is 1. The lowest BCUT2D eigenvalue weighted by atomic mass is 10.2. The number of methoxy groups -OCH3 is 1. The van der Waals surface area contributed by atoms with Crippen LogP contribution in [-0.4, -0.2) is 63.3 Å². The molecule has 0 unspecified atom stereocenters. The van der Waals surface area contributed by atoms with E-state index in [4.69, 9.17) is 4.74 Å². The number of rotatable bonds is 11. The second-order valence-electron chi connectivity index (χ2n) is 7.78. The maximum atomic E-state index is 13.2. The Balaban J connectivity index is 1.82. The number of likely N-dealkylation sites (N-methyl/N-ethyl adjacent to an activating group) is 1. The summed E-state index contributed by atoms with van der Waals surface area (Å²) in [6.07, 6.45) is -0.103. The molecule has 33 heavy (non-hydrogen) atoms. The predicted octanol–water partition coefficient (Wildman–Crippen LogP) is 4.15. The van der Waals surface area contributed by atoms with Gasteiger partial charge in [-0.1, -0.05) is 42.9 Å². The average Bonchev–Trinajstić information content (AvgIpc) is 3.23. The molecule has 0 N–H and O–H groups in total. The third-order valence-corrected chi connectivity index (χ3v) is 8.39. The summed E-state index contributed by atoms with van der Waals surface area (Å²) in [7, 11) is -1.94. The minimum atomic E-state index is -3.55. The SMILES string of the molecule is CCN(CC)CCN(C(=O)CCS(=O)(=O)c1ccc(C)cc1)c1nc2ccc(OC)cc2s1. The second-order valence-corrected chi connectivity index (χ2v) is 10.9. The molecule has 0 radical (unpaired) electrons. The molecule has 0 aliphatic carbocycles. The van der Waals surface area contributed by atoms with Crippen molar-refractivity contribution in [2.45, 2.75) is 32.1 Å². The number of ether oxygens (including phenoxy) is 1. The number of aryl methyl sites for hydroxylation is 1. The molecule has 1 amide bonds. The highest BCUT2D eigenvalue weighted by Crippen LogP contribution is 2.32. The first kappa shape index (κ1) is 25.1. The van der Waals surface area contributed by atoms with Gasteiger partial charge in [-0.05, 0) is 50.3 Å². The third kappa shape index (κ3) is 6.31. The fraction of sp³-hybridized carbons (Fsp3) is 0.417. The van der Waals surface area contributed by atoms with Gasteiger partial charge in [0.2, 0.25) is 5.91 Å². The summed E-state index contributed by atoms with van der Waals surface area (Å²) in [6.45, 7) is 8.93. The van der Waals surface area contributed by atoms with E-state index < -0.39 is 9.84 Å². The van der Waals surface area contributed by atoms with Crippen molar-refractivity contribution in [3.8, 4) is 5.75 Å². The number of nitrogens with zero attached hydrogens (tertiary/aromatic N) is 3. The quantitative estimate of drug-likeness (QED) is 0.403. The van der Waals surface area contributed by atoms with Gasteiger partial charge in [0.1, 0.15) is 5.75 Å². The Morgan fingerprint density at radius 1 is 1.06 bits per heavy atom. The second kappa shape index (κ2) is 11.1. The van der Waals surface area contributed by atoms with Crippen LogP contribution in [0.5, 0.6) is 5.75 Å². The van der Waals surface area contributed by atoms with Gasteiger partial charge in [-0.25, -0.2) is 13.4 Å². The van der Waals surface area contributed by atoms with Crippen LogP contribution in [0, 0.1) is 6.92 Å². The zero-order chi connectivity index (χ0) is 24.0. The minimum absolute atomic E-state index is 0.103. The van der Waals surface area contributed by atoms with Crippen LogP contribution in [-0.2, 0) is 14.6 Å². The first-order valence-electron chi connectivity index (χ1n) is 11.0. The fourth-order valence-corrected chi connectivity index (χ4v) is 5.73. The zero-order valence-electron chi connectivity index (χ0n) is 19.6. The lowest BCUT2D eigenvalue weighted by Gasteiger charge is -2.24. The van der Waals surface area contributed by atoms with E-state index >= 15 is 0 Å². The highest BCUT2D eigenvalue weighted by atomic mass is 32.2. The molecule has 3 rings (SSSR count). The van der Waals surface area contributed by atoms with E-state index in [-0.39, 0.29) is 23.0 Å². The van der Waals surface area contributed by atoms with E-state index in [0.717, 1.165) is 34.6 Å². The molecule has 0 fully saturated rings. The number of hydrogen-bond acceptors (Lipinski definition) is 7. The van der Waals surface area contributed by atoms with Gasteiger partial charge < -0.3 is 9.64 Å². The number of anilines is 1. The highest BCUT2D eigenvalue weighted by molar-refractivity contribution is 7.91. The van der Waals surface area contributed by atoms with Crippen molar-refractivity contribution in [1.82, 2.24) is 9.88 Å². The molecular formula is C24H31N3O4S2. The Morgan fingerprint density at radius 2 is 1.76 bits per heavy atom. The molecule has 7 nitrogen and oxygen atoms in total. The van der Waals surface area contributed by atoms with Crippen molar-refractivity contribution in [1.29, 1.82) is 0 Å². The van der Waals surface area contributed by atoms with Gasteiger partial charge in [0.15, 0.2) is 15.0 Å². The largest absolute Gasteiger partial charge is 0.497 e. The van der Waals surface area contributed by atoms with Gasteiger partial charge in [0.05, 0.1) is 28.0 Å². The number of carbonyl (C=O) groups excluding carboxylic acids is 1. The molecule has 2 aromatic carbocycles. The maximum Gasteiger partial charge on any atom is 0.229 e. The van der Waals surface area contributed by atoms with Crippen molar-refractivity contribution in [2.75, 3.05) is 43.9 Å². The van der Waals surface area contributed by atoms with E-state index in [1.54, 1.807) is 36.3 Å². The first-order valence-corrected chi connectivity index (χ1v) is 13.5. The molecule has 3 aromatic rings. The minimum Gasteiger partial charge on any atom is -0.497 e. The highest BCUT2D eigenvalue weighted by Gasteiger charge is 2.23. The molecule has 1 aromatic heterocycles. The van der Waals surface area contributed by atoms with Crippen molar-refractivity contribution in [3.05, 3.63) is 48.0 Å². The van der Waals surface area contributed by atoms with Crippen LogP contribution in [0.1, 0.15) is 25.8 Å². The van der Waals surface area contributed by atoms with Crippen LogP contribution < -0.4 is 9.64 Å². The molecule has 0 bridgehead atoms. The zero-order valence-corrected chi connectivity index (χ0v) is 21.2. The molecular weight excluding hydrogens is 458 g/mol. The predicted molar refractivity (Wildman–Crippen MR) is 134 cm³/mol. The summed E-state index contributed by atoms with van der Waals surface area (Å²) in [4.78, 5) is 22.0. The van der Waals surface area contributed by atoms with Crippen LogP contribution in [0.4, 0.5) is 5.13 Å². The number of thiazole rings is 1. The van der Waals surface area contributed by atoms with Crippen molar-refractivity contribution in [2.24, 2.45) is 0 Å². The van der Waals surface area contributed by atoms with Gasteiger partial charge >= 0.3 is 0 Å². The summed E-state index contributed by atoms with van der Waals surface area (Å²) < 4.78 is 31.8. The molecule has 0 aliphatic heterocycles. The van der Waals surface area contributed by atoms with E-state index in [9.17, 15) is 13.2 Å². The Labute approximate surface area is 199 Å². The van der Waals surface area contributed by atoms with Crippen molar-refractivity contribution in [3.63, 3.8) is 0 Å². The summed E-state index contributed by atoms with van der Waals surface area (Å²) in [5.74, 6) is 0.238. The van der Waals surface area contributed by atoms with E-state index in [2.05, 4.69) is 23.7 Å². The van der Waals surface area contributed by atoms with Crippen LogP contribution in [0.3, 0.4) is 0 Å². The summed E-state index contributed by atoms with van der Waals surface area (Å²) in [6, 6.07) is 12.3. The molecule has 178 valence electrons. The van der Waals surface area contributed by atoms with E-state index in [1.165, 1.54) is 11.3 Å². The number of carbonyl (C=O) groups is 1. The summed E-state index contributed by atoms with van der Waals surface area (Å²) >= 11 is 1.41. The molecule has 1 heterocycles. The van der Waals surface area contributed by atoms with E-state index in [1.807, 2.05) is 25.1 Å². The molecule has 0 spiro atoms. The van der Waals surface area contributed by atoms with Gasteiger partial charge in [-0.3, -0.25) is 9.69 Å². The number of sulfone groups is 1. The Hall–Kier alpha value is -2.49. The van der Waals surface area contributed by atoms with Gasteiger partial charge in [0, 0.05) is 19.5 Å². The van der Waals surface area contributed by atoms with Gasteiger partial charge in [-0.2, -0.15) is 0 Å². The Bertz CT molecular complexity index is 1190. The molecule has 0 saturated carbocycles. The third-order valence-electron chi connectivity index (χ3n) is 5.62. The molecule has 0 aliphatic rings. The molecule has 0 saturated heterocycles. The van der Waals surface area contributed by atoms with Crippen LogP contribution in [0.25, 0.3) is 10.2 Å². The summed E-state index contributed by atoms with van der Waals surface area (Å²) in [5.41, 5.74) is 1.77. The van der Waals surface area contributed by atoms with Crippen LogP contribution >= 0.6 is 11.3 Å². The Morgan fingerprint density at radius 3 is 2.39 bits per heavy atom.